The first-order valence-corrected chi connectivity index (χ1v) is 4.56. The number of nitrogen functional groups attached to an aromatic ring is 1. The Morgan fingerprint density at radius 2 is 2.19 bits per heavy atom. The molecule has 0 radical (unpaired) electrons. The second kappa shape index (κ2) is 3.77. The van der Waals surface area contributed by atoms with E-state index in [-0.39, 0.29) is 11.4 Å². The van der Waals surface area contributed by atoms with Gasteiger partial charge in [-0.25, -0.2) is 14.2 Å². The van der Waals surface area contributed by atoms with Gasteiger partial charge in [0, 0.05) is 11.5 Å². The Hall–Kier alpha value is -2.17. The molecule has 16 heavy (non-hydrogen) atoms. The number of methoxy groups -OCH3 is 1. The summed E-state index contributed by atoms with van der Waals surface area (Å²) in [7, 11) is 1.26. The van der Waals surface area contributed by atoms with Crippen molar-refractivity contribution in [2.75, 3.05) is 12.8 Å². The SMILES string of the molecule is COC(=O)c1cc2ccc(F)cc2nc1N. The van der Waals surface area contributed by atoms with E-state index in [2.05, 4.69) is 9.72 Å². The Labute approximate surface area is 90.8 Å². The van der Waals surface area contributed by atoms with Crippen molar-refractivity contribution in [2.45, 2.75) is 0 Å². The Kier molecular flexibility index (Phi) is 2.44. The van der Waals surface area contributed by atoms with Crippen LogP contribution in [0.25, 0.3) is 10.9 Å². The zero-order valence-corrected chi connectivity index (χ0v) is 8.53. The van der Waals surface area contributed by atoms with E-state index in [0.29, 0.717) is 10.9 Å². The minimum absolute atomic E-state index is 0.0324. The van der Waals surface area contributed by atoms with Gasteiger partial charge in [0.25, 0.3) is 0 Å². The molecule has 0 fully saturated rings. The van der Waals surface area contributed by atoms with Crippen LogP contribution in [0.5, 0.6) is 0 Å². The molecule has 2 aromatic rings. The average Bonchev–Trinajstić information content (AvgIpc) is 2.27. The molecule has 2 rings (SSSR count). The van der Waals surface area contributed by atoms with Crippen LogP contribution in [0, 0.1) is 5.82 Å². The van der Waals surface area contributed by atoms with E-state index in [1.807, 2.05) is 0 Å². The van der Waals surface area contributed by atoms with Gasteiger partial charge in [-0.3, -0.25) is 0 Å². The molecule has 0 amide bonds. The molecular formula is C11H9FN2O2. The number of halogens is 1. The van der Waals surface area contributed by atoms with Crippen LogP contribution < -0.4 is 5.73 Å². The maximum Gasteiger partial charge on any atom is 0.341 e. The van der Waals surface area contributed by atoms with Gasteiger partial charge in [-0.05, 0) is 18.2 Å². The summed E-state index contributed by atoms with van der Waals surface area (Å²) in [5.74, 6) is -0.925. The molecule has 2 N–H and O–H groups in total. The van der Waals surface area contributed by atoms with Crippen molar-refractivity contribution in [3.8, 4) is 0 Å². The molecule has 0 saturated heterocycles. The van der Waals surface area contributed by atoms with Crippen LogP contribution in [0.2, 0.25) is 0 Å². The van der Waals surface area contributed by atoms with Crippen molar-refractivity contribution >= 4 is 22.7 Å². The van der Waals surface area contributed by atoms with Gasteiger partial charge < -0.3 is 10.5 Å². The van der Waals surface area contributed by atoms with Gasteiger partial charge in [-0.15, -0.1) is 0 Å². The highest BCUT2D eigenvalue weighted by atomic mass is 19.1. The standard InChI is InChI=1S/C11H9FN2O2/c1-16-11(15)8-4-6-2-3-7(12)5-9(6)14-10(8)13/h2-5H,1H3,(H2,13,14). The second-order valence-corrected chi connectivity index (χ2v) is 3.25. The molecule has 5 heteroatoms. The van der Waals surface area contributed by atoms with Gasteiger partial charge in [-0.2, -0.15) is 0 Å². The molecule has 82 valence electrons. The first kappa shape index (κ1) is 10.4. The molecule has 1 heterocycles. The van der Waals surface area contributed by atoms with Crippen LogP contribution >= 0.6 is 0 Å². The van der Waals surface area contributed by atoms with Crippen LogP contribution in [0.3, 0.4) is 0 Å². The Morgan fingerprint density at radius 1 is 1.44 bits per heavy atom. The zero-order valence-electron chi connectivity index (χ0n) is 8.53. The van der Waals surface area contributed by atoms with Crippen molar-refractivity contribution in [3.63, 3.8) is 0 Å². The first-order valence-electron chi connectivity index (χ1n) is 4.56. The summed E-state index contributed by atoms with van der Waals surface area (Å²) < 4.78 is 17.5. The number of anilines is 1. The van der Waals surface area contributed by atoms with E-state index in [1.165, 1.54) is 31.4 Å². The highest BCUT2D eigenvalue weighted by Gasteiger charge is 2.12. The molecule has 0 spiro atoms. The number of carbonyl (C=O) groups excluding carboxylic acids is 1. The predicted octanol–water partition coefficient (Wildman–Crippen LogP) is 1.74. The molecule has 4 nitrogen and oxygen atoms in total. The van der Waals surface area contributed by atoms with E-state index in [1.54, 1.807) is 0 Å². The number of hydrogen-bond acceptors (Lipinski definition) is 4. The minimum Gasteiger partial charge on any atom is -0.465 e. The van der Waals surface area contributed by atoms with Crippen molar-refractivity contribution < 1.29 is 13.9 Å². The monoisotopic (exact) mass is 220 g/mol. The number of fused-ring (bicyclic) bond motifs is 1. The summed E-state index contributed by atoms with van der Waals surface area (Å²) in [6, 6.07) is 5.61. The van der Waals surface area contributed by atoms with Crippen molar-refractivity contribution in [2.24, 2.45) is 0 Å². The molecule has 0 saturated carbocycles. The minimum atomic E-state index is -0.559. The Morgan fingerprint density at radius 3 is 2.88 bits per heavy atom. The highest BCUT2D eigenvalue weighted by molar-refractivity contribution is 5.98. The molecule has 0 bridgehead atoms. The lowest BCUT2D eigenvalue weighted by Crippen LogP contribution is -2.07. The number of pyridine rings is 1. The fourth-order valence-corrected chi connectivity index (χ4v) is 1.43. The maximum atomic E-state index is 12.9. The van der Waals surface area contributed by atoms with Crippen LogP contribution in [0.15, 0.2) is 24.3 Å². The third-order valence-electron chi connectivity index (χ3n) is 2.21. The van der Waals surface area contributed by atoms with E-state index in [9.17, 15) is 9.18 Å². The zero-order chi connectivity index (χ0) is 11.7. The molecule has 0 aliphatic heterocycles. The summed E-state index contributed by atoms with van der Waals surface area (Å²) in [6.45, 7) is 0. The summed E-state index contributed by atoms with van der Waals surface area (Å²) in [5, 5.41) is 0.635. The lowest BCUT2D eigenvalue weighted by Gasteiger charge is -2.05. The number of rotatable bonds is 1. The smallest absolute Gasteiger partial charge is 0.341 e. The second-order valence-electron chi connectivity index (χ2n) is 3.25. The maximum absolute atomic E-state index is 12.9. The summed E-state index contributed by atoms with van der Waals surface area (Å²) >= 11 is 0. The number of carbonyl (C=O) groups is 1. The molecule has 1 aromatic carbocycles. The van der Waals surface area contributed by atoms with Gasteiger partial charge >= 0.3 is 5.97 Å². The highest BCUT2D eigenvalue weighted by Crippen LogP contribution is 2.19. The first-order chi connectivity index (χ1) is 7.61. The summed E-state index contributed by atoms with van der Waals surface area (Å²) in [4.78, 5) is 15.3. The Bertz CT molecular complexity index is 569. The van der Waals surface area contributed by atoms with Crippen molar-refractivity contribution in [1.82, 2.24) is 4.98 Å². The largest absolute Gasteiger partial charge is 0.465 e. The van der Waals surface area contributed by atoms with Crippen LogP contribution in [-0.2, 0) is 4.74 Å². The molecule has 0 unspecified atom stereocenters. The predicted molar refractivity (Wildman–Crippen MR) is 57.5 cm³/mol. The summed E-state index contributed by atoms with van der Waals surface area (Å²) in [6.07, 6.45) is 0. The summed E-state index contributed by atoms with van der Waals surface area (Å²) in [5.41, 5.74) is 6.17. The van der Waals surface area contributed by atoms with Gasteiger partial charge in [-0.1, -0.05) is 0 Å². The van der Waals surface area contributed by atoms with Crippen molar-refractivity contribution in [3.05, 3.63) is 35.6 Å². The number of aromatic nitrogens is 1. The Balaban J connectivity index is 2.67. The van der Waals surface area contributed by atoms with Crippen LogP contribution in [0.4, 0.5) is 10.2 Å². The number of nitrogens with zero attached hydrogens (tertiary/aromatic N) is 1. The van der Waals surface area contributed by atoms with Crippen LogP contribution in [0.1, 0.15) is 10.4 Å². The third-order valence-corrected chi connectivity index (χ3v) is 2.21. The third kappa shape index (κ3) is 1.67. The van der Waals surface area contributed by atoms with Gasteiger partial charge in [0.2, 0.25) is 0 Å². The van der Waals surface area contributed by atoms with E-state index in [0.717, 1.165) is 0 Å². The molecule has 0 atom stereocenters. The number of ether oxygens (including phenoxy) is 1. The molecular weight excluding hydrogens is 211 g/mol. The van der Waals surface area contributed by atoms with Crippen LogP contribution in [-0.4, -0.2) is 18.1 Å². The number of esters is 1. The van der Waals surface area contributed by atoms with E-state index >= 15 is 0 Å². The van der Waals surface area contributed by atoms with Crippen molar-refractivity contribution in [1.29, 1.82) is 0 Å². The van der Waals surface area contributed by atoms with Gasteiger partial charge in [0.1, 0.15) is 17.2 Å². The number of nitrogens with two attached hydrogens (primary N) is 1. The molecule has 0 aliphatic rings. The quantitative estimate of drug-likeness (QED) is 0.743. The molecule has 1 aromatic heterocycles. The normalized spacial score (nSPS) is 10.4. The lowest BCUT2D eigenvalue weighted by molar-refractivity contribution is 0.0602. The number of benzene rings is 1. The molecule has 0 aliphatic carbocycles. The lowest BCUT2D eigenvalue weighted by atomic mass is 10.1. The fourth-order valence-electron chi connectivity index (χ4n) is 1.43. The van der Waals surface area contributed by atoms with Gasteiger partial charge in [0.15, 0.2) is 0 Å². The topological polar surface area (TPSA) is 65.2 Å². The number of hydrogen-bond donors (Lipinski definition) is 1. The van der Waals surface area contributed by atoms with E-state index < -0.39 is 11.8 Å². The average molecular weight is 220 g/mol. The van der Waals surface area contributed by atoms with E-state index in [4.69, 9.17) is 5.73 Å². The van der Waals surface area contributed by atoms with Gasteiger partial charge in [0.05, 0.1) is 12.6 Å². The fraction of sp³-hybridized carbons (Fsp3) is 0.0909.